The second-order valence-corrected chi connectivity index (χ2v) is 4.98. The fourth-order valence-electron chi connectivity index (χ4n) is 2.02. The van der Waals surface area contributed by atoms with E-state index in [2.05, 4.69) is 35.4 Å². The van der Waals surface area contributed by atoms with Gasteiger partial charge in [0, 0.05) is 11.9 Å². The summed E-state index contributed by atoms with van der Waals surface area (Å²) in [5.41, 5.74) is 1.03. The molecule has 0 atom stereocenters. The summed E-state index contributed by atoms with van der Waals surface area (Å²) in [6, 6.07) is 10.4. The molecule has 2 aromatic rings. The van der Waals surface area contributed by atoms with Crippen molar-refractivity contribution in [1.82, 2.24) is 10.3 Å². The molecule has 0 bridgehead atoms. The number of nitrogens with one attached hydrogen (secondary N) is 1. The van der Waals surface area contributed by atoms with Gasteiger partial charge in [0.15, 0.2) is 0 Å². The smallest absolute Gasteiger partial charge is 0.221 e. The van der Waals surface area contributed by atoms with E-state index in [1.807, 2.05) is 26.0 Å². The van der Waals surface area contributed by atoms with Crippen molar-refractivity contribution in [3.8, 4) is 5.88 Å². The summed E-state index contributed by atoms with van der Waals surface area (Å²) in [4.78, 5) is 4.63. The molecule has 1 N–H and O–H groups in total. The Morgan fingerprint density at radius 2 is 2.05 bits per heavy atom. The lowest BCUT2D eigenvalue weighted by Gasteiger charge is -2.13. The van der Waals surface area contributed by atoms with Crippen LogP contribution in [0.25, 0.3) is 10.8 Å². The molecule has 0 aliphatic heterocycles. The van der Waals surface area contributed by atoms with Crippen LogP contribution in [0.1, 0.15) is 32.9 Å². The van der Waals surface area contributed by atoms with Crippen molar-refractivity contribution in [3.63, 3.8) is 0 Å². The number of hydrogen-bond acceptors (Lipinski definition) is 3. The first-order chi connectivity index (χ1) is 9.20. The molecule has 0 amide bonds. The van der Waals surface area contributed by atoms with Gasteiger partial charge in [-0.1, -0.05) is 25.1 Å². The maximum atomic E-state index is 5.84. The van der Waals surface area contributed by atoms with Gasteiger partial charge in [-0.3, -0.25) is 0 Å². The van der Waals surface area contributed by atoms with E-state index in [-0.39, 0.29) is 6.10 Å². The van der Waals surface area contributed by atoms with Gasteiger partial charge in [-0.05, 0) is 44.3 Å². The third-order valence-corrected chi connectivity index (χ3v) is 2.84. The summed E-state index contributed by atoms with van der Waals surface area (Å²) in [6.07, 6.45) is 1.26. The zero-order chi connectivity index (χ0) is 13.7. The number of nitrogens with zero attached hydrogens (tertiary/aromatic N) is 1. The summed E-state index contributed by atoms with van der Waals surface area (Å²) >= 11 is 0. The van der Waals surface area contributed by atoms with E-state index in [1.54, 1.807) is 0 Å². The van der Waals surface area contributed by atoms with E-state index in [4.69, 9.17) is 4.74 Å². The van der Waals surface area contributed by atoms with E-state index in [1.165, 1.54) is 5.39 Å². The molecule has 0 spiro atoms. The van der Waals surface area contributed by atoms with Crippen LogP contribution in [-0.2, 0) is 6.54 Å². The molecule has 102 valence electrons. The zero-order valence-electron chi connectivity index (χ0n) is 11.9. The monoisotopic (exact) mass is 258 g/mol. The molecule has 0 unspecified atom stereocenters. The Morgan fingerprint density at radius 3 is 2.79 bits per heavy atom. The second-order valence-electron chi connectivity index (χ2n) is 4.98. The van der Waals surface area contributed by atoms with E-state index in [0.717, 1.165) is 36.5 Å². The molecular weight excluding hydrogens is 236 g/mol. The molecule has 0 saturated carbocycles. The predicted molar refractivity (Wildman–Crippen MR) is 79.5 cm³/mol. The van der Waals surface area contributed by atoms with Gasteiger partial charge in [-0.2, -0.15) is 0 Å². The molecule has 19 heavy (non-hydrogen) atoms. The summed E-state index contributed by atoms with van der Waals surface area (Å²) in [5.74, 6) is 0.737. The average molecular weight is 258 g/mol. The number of rotatable bonds is 6. The fourth-order valence-corrected chi connectivity index (χ4v) is 2.02. The van der Waals surface area contributed by atoms with Crippen LogP contribution in [-0.4, -0.2) is 17.6 Å². The molecule has 1 aromatic heterocycles. The first kappa shape index (κ1) is 13.8. The Kier molecular flexibility index (Phi) is 4.74. The fraction of sp³-hybridized carbons (Fsp3) is 0.438. The minimum atomic E-state index is 0.134. The van der Waals surface area contributed by atoms with Crippen LogP contribution in [0.3, 0.4) is 0 Å². The van der Waals surface area contributed by atoms with Gasteiger partial charge >= 0.3 is 0 Å². The zero-order valence-corrected chi connectivity index (χ0v) is 11.9. The molecule has 0 fully saturated rings. The highest BCUT2D eigenvalue weighted by molar-refractivity contribution is 5.87. The predicted octanol–water partition coefficient (Wildman–Crippen LogP) is 3.52. The van der Waals surface area contributed by atoms with Crippen molar-refractivity contribution in [3.05, 3.63) is 36.0 Å². The molecule has 0 aliphatic rings. The third kappa shape index (κ3) is 3.67. The standard InChI is InChI=1S/C16H22N2O/c1-4-9-17-11-14-10-13-7-5-6-8-15(13)16(18-14)19-12(2)3/h5-8,10,12,17H,4,9,11H2,1-3H3. The number of hydrogen-bond donors (Lipinski definition) is 1. The molecule has 0 radical (unpaired) electrons. The summed E-state index contributed by atoms with van der Waals surface area (Å²) < 4.78 is 5.84. The van der Waals surface area contributed by atoms with Gasteiger partial charge in [0.05, 0.1) is 11.8 Å². The molecule has 3 heteroatoms. The summed E-state index contributed by atoms with van der Waals surface area (Å²) in [7, 11) is 0. The van der Waals surface area contributed by atoms with Gasteiger partial charge in [0.1, 0.15) is 0 Å². The highest BCUT2D eigenvalue weighted by Crippen LogP contribution is 2.25. The largest absolute Gasteiger partial charge is 0.474 e. The molecule has 0 aliphatic carbocycles. The summed E-state index contributed by atoms with van der Waals surface area (Å²) in [5, 5.41) is 5.64. The van der Waals surface area contributed by atoms with Crippen molar-refractivity contribution in [2.24, 2.45) is 0 Å². The first-order valence-electron chi connectivity index (χ1n) is 6.96. The topological polar surface area (TPSA) is 34.1 Å². The highest BCUT2D eigenvalue weighted by Gasteiger charge is 2.08. The van der Waals surface area contributed by atoms with Crippen molar-refractivity contribution in [1.29, 1.82) is 0 Å². The number of ether oxygens (including phenoxy) is 1. The molecule has 2 rings (SSSR count). The minimum Gasteiger partial charge on any atom is -0.474 e. The van der Waals surface area contributed by atoms with Gasteiger partial charge in [0.2, 0.25) is 5.88 Å². The quantitative estimate of drug-likeness (QED) is 0.805. The Labute approximate surface area is 115 Å². The number of aromatic nitrogens is 1. The molecule has 1 aromatic carbocycles. The lowest BCUT2D eigenvalue weighted by Crippen LogP contribution is -2.15. The van der Waals surface area contributed by atoms with Gasteiger partial charge in [-0.25, -0.2) is 4.98 Å². The Morgan fingerprint density at radius 1 is 1.26 bits per heavy atom. The Hall–Kier alpha value is -1.61. The second kappa shape index (κ2) is 6.53. The maximum absolute atomic E-state index is 5.84. The van der Waals surface area contributed by atoms with E-state index in [9.17, 15) is 0 Å². The van der Waals surface area contributed by atoms with E-state index < -0.39 is 0 Å². The van der Waals surface area contributed by atoms with E-state index in [0.29, 0.717) is 0 Å². The van der Waals surface area contributed by atoms with Crippen LogP contribution >= 0.6 is 0 Å². The van der Waals surface area contributed by atoms with Crippen LogP contribution in [0.5, 0.6) is 5.88 Å². The van der Waals surface area contributed by atoms with Crippen LogP contribution in [0, 0.1) is 0 Å². The van der Waals surface area contributed by atoms with Crippen LogP contribution in [0.15, 0.2) is 30.3 Å². The van der Waals surface area contributed by atoms with Crippen LogP contribution in [0.4, 0.5) is 0 Å². The van der Waals surface area contributed by atoms with Crippen molar-refractivity contribution < 1.29 is 4.74 Å². The highest BCUT2D eigenvalue weighted by atomic mass is 16.5. The normalized spacial score (nSPS) is 11.2. The Balaban J connectivity index is 2.33. The number of fused-ring (bicyclic) bond motifs is 1. The third-order valence-electron chi connectivity index (χ3n) is 2.84. The Bertz CT molecular complexity index is 537. The number of pyridine rings is 1. The molecule has 0 saturated heterocycles. The molecule has 3 nitrogen and oxygen atoms in total. The number of benzene rings is 1. The van der Waals surface area contributed by atoms with Gasteiger partial charge in [0.25, 0.3) is 0 Å². The summed E-state index contributed by atoms with van der Waals surface area (Å²) in [6.45, 7) is 8.01. The lowest BCUT2D eigenvalue weighted by molar-refractivity contribution is 0.235. The minimum absolute atomic E-state index is 0.134. The SMILES string of the molecule is CCCNCc1cc2ccccc2c(OC(C)C)n1. The molecule has 1 heterocycles. The van der Waals surface area contributed by atoms with Crippen molar-refractivity contribution in [2.45, 2.75) is 39.8 Å². The maximum Gasteiger partial charge on any atom is 0.221 e. The van der Waals surface area contributed by atoms with Crippen molar-refractivity contribution in [2.75, 3.05) is 6.54 Å². The lowest BCUT2D eigenvalue weighted by atomic mass is 10.1. The molecular formula is C16H22N2O. The van der Waals surface area contributed by atoms with Crippen LogP contribution < -0.4 is 10.1 Å². The average Bonchev–Trinajstić information content (AvgIpc) is 2.38. The van der Waals surface area contributed by atoms with Crippen molar-refractivity contribution >= 4 is 10.8 Å². The van der Waals surface area contributed by atoms with E-state index >= 15 is 0 Å². The first-order valence-corrected chi connectivity index (χ1v) is 6.96. The van der Waals surface area contributed by atoms with Gasteiger partial charge < -0.3 is 10.1 Å². The van der Waals surface area contributed by atoms with Crippen LogP contribution in [0.2, 0.25) is 0 Å². The van der Waals surface area contributed by atoms with Gasteiger partial charge in [-0.15, -0.1) is 0 Å².